The van der Waals surface area contributed by atoms with Gasteiger partial charge in [-0.15, -0.1) is 0 Å². The Hall–Kier alpha value is -5.72. The molecule has 8 aromatic rings. The van der Waals surface area contributed by atoms with Crippen LogP contribution in [0, 0.1) is 21.2 Å². The van der Waals surface area contributed by atoms with Gasteiger partial charge < -0.3 is 20.4 Å². The second-order valence-electron chi connectivity index (χ2n) is 16.2. The Morgan fingerprint density at radius 2 is 0.514 bits per heavy atom. The van der Waals surface area contributed by atoms with Gasteiger partial charge in [-0.3, -0.25) is 0 Å². The van der Waals surface area contributed by atoms with Crippen LogP contribution < -0.4 is 0 Å². The molecule has 0 amide bonds. The topological polar surface area (TPSA) is 180 Å². The van der Waals surface area contributed by atoms with Crippen molar-refractivity contribution in [2.75, 3.05) is 0 Å². The average molecular weight is 1370 g/mol. The Kier molecular flexibility index (Phi) is 17.0. The molecule has 0 saturated heterocycles. The Bertz CT molecular complexity index is 3310. The molecule has 70 heavy (non-hydrogen) atoms. The molecule has 0 heterocycles. The van der Waals surface area contributed by atoms with Crippen LogP contribution in [0.1, 0.15) is 51.4 Å². The molecule has 8 aromatic carbocycles. The number of rotatable bonds is 15. The SMILES string of the molecule is CCc1cc(N=Nc2ccc(I)cc2)cc(Cc2cc(N=Nc3ccc(I)cc3)cc(Cc3cc(N=Nc4ccc(I)cc4)cc(Cc4cc(N=Nc5ccc(I)cc5)cc(C)c4O)c3O)c2O)c1O. The molecule has 8 rings (SSSR count). The van der Waals surface area contributed by atoms with Crippen LogP contribution in [0.3, 0.4) is 0 Å². The minimum atomic E-state index is -0.0560. The summed E-state index contributed by atoms with van der Waals surface area (Å²) in [5.41, 5.74) is 8.71. The lowest BCUT2D eigenvalue weighted by Gasteiger charge is -2.16. The highest BCUT2D eigenvalue weighted by atomic mass is 127. The summed E-state index contributed by atoms with van der Waals surface area (Å²) in [6.07, 6.45) is 0.770. The molecular weight excluding hydrogens is 1330 g/mol. The second-order valence-corrected chi connectivity index (χ2v) is 21.2. The number of hydrogen-bond acceptors (Lipinski definition) is 12. The van der Waals surface area contributed by atoms with Crippen LogP contribution in [-0.4, -0.2) is 20.4 Å². The summed E-state index contributed by atoms with van der Waals surface area (Å²) >= 11 is 8.94. The van der Waals surface area contributed by atoms with E-state index < -0.39 is 0 Å². The molecule has 0 aromatic heterocycles. The van der Waals surface area contributed by atoms with Gasteiger partial charge in [-0.05, 0) is 260 Å². The van der Waals surface area contributed by atoms with Gasteiger partial charge in [-0.25, -0.2) is 0 Å². The molecule has 0 unspecified atom stereocenters. The van der Waals surface area contributed by atoms with Crippen molar-refractivity contribution in [3.8, 4) is 23.0 Å². The minimum Gasteiger partial charge on any atom is -0.507 e. The third kappa shape index (κ3) is 13.4. The number of aryl methyl sites for hydroxylation is 2. The summed E-state index contributed by atoms with van der Waals surface area (Å²) in [4.78, 5) is 0. The van der Waals surface area contributed by atoms with Crippen LogP contribution in [-0.2, 0) is 25.7 Å². The molecular formula is C54H42I4N8O4. The number of benzene rings is 8. The summed E-state index contributed by atoms with van der Waals surface area (Å²) in [7, 11) is 0. The van der Waals surface area contributed by atoms with E-state index in [-0.39, 0.29) is 42.3 Å². The third-order valence-corrected chi connectivity index (χ3v) is 14.0. The van der Waals surface area contributed by atoms with Crippen LogP contribution in [0.5, 0.6) is 23.0 Å². The molecule has 0 bridgehead atoms. The monoisotopic (exact) mass is 1370 g/mol. The van der Waals surface area contributed by atoms with Gasteiger partial charge in [0.15, 0.2) is 0 Å². The van der Waals surface area contributed by atoms with Crippen LogP contribution in [0.2, 0.25) is 0 Å². The van der Waals surface area contributed by atoms with Crippen molar-refractivity contribution in [2.24, 2.45) is 40.9 Å². The fourth-order valence-corrected chi connectivity index (χ4v) is 8.91. The van der Waals surface area contributed by atoms with Crippen LogP contribution in [0.4, 0.5) is 45.5 Å². The molecule has 0 fully saturated rings. The molecule has 0 radical (unpaired) electrons. The molecule has 0 aliphatic carbocycles. The first-order valence-electron chi connectivity index (χ1n) is 21.8. The van der Waals surface area contributed by atoms with Gasteiger partial charge >= 0.3 is 0 Å². The quantitative estimate of drug-likeness (QED) is 0.0590. The second kappa shape index (κ2) is 23.5. The van der Waals surface area contributed by atoms with Gasteiger partial charge in [0, 0.05) is 66.9 Å². The Labute approximate surface area is 459 Å². The number of azo groups is 4. The van der Waals surface area contributed by atoms with E-state index in [2.05, 4.69) is 131 Å². The summed E-state index contributed by atoms with van der Waals surface area (Å²) in [5, 5.41) is 83.5. The molecule has 0 spiro atoms. The first-order chi connectivity index (χ1) is 33.8. The highest BCUT2D eigenvalue weighted by molar-refractivity contribution is 14.1. The van der Waals surface area contributed by atoms with Crippen molar-refractivity contribution in [3.05, 3.63) is 204 Å². The van der Waals surface area contributed by atoms with E-state index in [4.69, 9.17) is 0 Å². The van der Waals surface area contributed by atoms with Crippen molar-refractivity contribution >= 4 is 136 Å². The normalized spacial score (nSPS) is 11.8. The predicted molar refractivity (Wildman–Crippen MR) is 308 cm³/mol. The lowest BCUT2D eigenvalue weighted by molar-refractivity contribution is 0.453. The van der Waals surface area contributed by atoms with Crippen molar-refractivity contribution in [1.29, 1.82) is 0 Å². The third-order valence-electron chi connectivity index (χ3n) is 11.1. The molecule has 0 atom stereocenters. The number of nitrogens with zero attached hydrogens (tertiary/aromatic N) is 8. The number of aromatic hydroxyl groups is 4. The zero-order valence-electron chi connectivity index (χ0n) is 37.6. The van der Waals surface area contributed by atoms with Crippen molar-refractivity contribution in [1.82, 2.24) is 0 Å². The molecule has 0 aliphatic rings. The Morgan fingerprint density at radius 1 is 0.300 bits per heavy atom. The van der Waals surface area contributed by atoms with Crippen LogP contribution in [0.25, 0.3) is 0 Å². The lowest BCUT2D eigenvalue weighted by Crippen LogP contribution is -1.99. The van der Waals surface area contributed by atoms with Gasteiger partial charge in [0.25, 0.3) is 0 Å². The number of phenolic OH excluding ortho intramolecular Hbond substituents is 4. The van der Waals surface area contributed by atoms with Crippen LogP contribution >= 0.6 is 90.4 Å². The number of halogens is 4. The minimum absolute atomic E-state index is 0.0309. The van der Waals surface area contributed by atoms with E-state index in [0.29, 0.717) is 96.4 Å². The first kappa shape index (κ1) is 50.7. The average Bonchev–Trinajstić information content (AvgIpc) is 3.35. The predicted octanol–water partition coefficient (Wildman–Crippen LogP) is 18.2. The first-order valence-corrected chi connectivity index (χ1v) is 26.1. The Morgan fingerprint density at radius 3 is 0.786 bits per heavy atom. The summed E-state index contributed by atoms with van der Waals surface area (Å²) < 4.78 is 4.27. The molecule has 0 aliphatic heterocycles. The highest BCUT2D eigenvalue weighted by Crippen LogP contribution is 2.41. The molecule has 4 N–H and O–H groups in total. The number of phenols is 4. The molecule has 16 heteroatoms. The largest absolute Gasteiger partial charge is 0.507 e. The fourth-order valence-electron chi connectivity index (χ4n) is 7.47. The van der Waals surface area contributed by atoms with Crippen LogP contribution in [0.15, 0.2) is 187 Å². The molecule has 0 saturated carbocycles. The van der Waals surface area contributed by atoms with E-state index in [9.17, 15) is 20.4 Å². The van der Waals surface area contributed by atoms with Gasteiger partial charge in [0.05, 0.1) is 45.5 Å². The summed E-state index contributed by atoms with van der Waals surface area (Å²) in [6.45, 7) is 3.74. The van der Waals surface area contributed by atoms with Crippen molar-refractivity contribution in [2.45, 2.75) is 39.5 Å². The Balaban J connectivity index is 1.20. The van der Waals surface area contributed by atoms with Gasteiger partial charge in [0.2, 0.25) is 0 Å². The number of hydrogen-bond donors (Lipinski definition) is 4. The summed E-state index contributed by atoms with van der Waals surface area (Å²) in [6, 6.07) is 44.6. The van der Waals surface area contributed by atoms with Gasteiger partial charge in [0.1, 0.15) is 23.0 Å². The van der Waals surface area contributed by atoms with Crippen molar-refractivity contribution < 1.29 is 20.4 Å². The maximum absolute atomic E-state index is 12.2. The molecule has 350 valence electrons. The smallest absolute Gasteiger partial charge is 0.122 e. The lowest BCUT2D eigenvalue weighted by atomic mass is 9.92. The summed E-state index contributed by atoms with van der Waals surface area (Å²) in [5.74, 6) is 0.0424. The van der Waals surface area contributed by atoms with E-state index in [1.165, 1.54) is 0 Å². The van der Waals surface area contributed by atoms with Gasteiger partial charge in [-0.2, -0.15) is 40.9 Å². The maximum atomic E-state index is 12.2. The fraction of sp³-hybridized carbons (Fsp3) is 0.111. The molecule has 12 nitrogen and oxygen atoms in total. The zero-order valence-corrected chi connectivity index (χ0v) is 46.2. The van der Waals surface area contributed by atoms with E-state index >= 15 is 0 Å². The van der Waals surface area contributed by atoms with E-state index in [1.807, 2.05) is 110 Å². The maximum Gasteiger partial charge on any atom is 0.122 e. The standard InChI is InChI=1S/C54H42I4N8O4/c1-3-32-24-48(64-60-44-14-6-40(56)7-15-44)26-34(52(32)68)22-36-28-50(66-62-46-18-10-42(58)11-19-46)30-38(54(36)70)23-37-29-49(65-61-45-16-8-41(57)9-17-45)27-35(53(37)69)21-33-25-47(20-31(2)51(33)67)63-59-43-12-4-39(55)5-13-43/h4-20,24-30,67-70H,3,21-23H2,1-2H3. The van der Waals surface area contributed by atoms with E-state index in [1.54, 1.807) is 49.4 Å². The zero-order chi connectivity index (χ0) is 49.3. The van der Waals surface area contributed by atoms with Crippen molar-refractivity contribution in [3.63, 3.8) is 0 Å². The van der Waals surface area contributed by atoms with Gasteiger partial charge in [-0.1, -0.05) is 6.92 Å². The van der Waals surface area contributed by atoms with E-state index in [0.717, 1.165) is 14.3 Å². The highest BCUT2D eigenvalue weighted by Gasteiger charge is 2.20.